The maximum atomic E-state index is 2.21. The molecule has 1 heteroatoms. The molecule has 1 aromatic carbocycles. The second kappa shape index (κ2) is 4.58. The summed E-state index contributed by atoms with van der Waals surface area (Å²) in [7, 11) is 0. The maximum absolute atomic E-state index is 2.21. The van der Waals surface area contributed by atoms with Crippen molar-refractivity contribution in [3.63, 3.8) is 0 Å². The SMILES string of the molecule is C[C](C)C[Se]c1ccccc1. The molecule has 0 spiro atoms. The molecular formula is C10H13Se. The summed E-state index contributed by atoms with van der Waals surface area (Å²) in [6.07, 6.45) is 0. The molecule has 0 saturated heterocycles. The van der Waals surface area contributed by atoms with E-state index >= 15 is 0 Å². The van der Waals surface area contributed by atoms with Crippen molar-refractivity contribution in [3.05, 3.63) is 36.2 Å². The normalized spacial score (nSPS) is 10.5. The van der Waals surface area contributed by atoms with Gasteiger partial charge in [-0.1, -0.05) is 0 Å². The Morgan fingerprint density at radius 1 is 1.18 bits per heavy atom. The Hall–Kier alpha value is -0.261. The van der Waals surface area contributed by atoms with Gasteiger partial charge in [0.25, 0.3) is 0 Å². The molecule has 1 rings (SSSR count). The van der Waals surface area contributed by atoms with E-state index in [2.05, 4.69) is 44.2 Å². The van der Waals surface area contributed by atoms with Crippen LogP contribution in [0.2, 0.25) is 5.32 Å². The van der Waals surface area contributed by atoms with E-state index in [9.17, 15) is 0 Å². The fourth-order valence-electron chi connectivity index (χ4n) is 0.744. The second-order valence-corrected chi connectivity index (χ2v) is 5.01. The van der Waals surface area contributed by atoms with Crippen molar-refractivity contribution in [2.45, 2.75) is 19.2 Å². The fourth-order valence-corrected chi connectivity index (χ4v) is 2.43. The summed E-state index contributed by atoms with van der Waals surface area (Å²) in [5.74, 6) is 1.54. The summed E-state index contributed by atoms with van der Waals surface area (Å²) in [4.78, 5) is 0. The van der Waals surface area contributed by atoms with Crippen LogP contribution in [-0.2, 0) is 0 Å². The monoisotopic (exact) mass is 213 g/mol. The average molecular weight is 212 g/mol. The van der Waals surface area contributed by atoms with Crippen molar-refractivity contribution in [1.29, 1.82) is 0 Å². The minimum atomic E-state index is 0.653. The van der Waals surface area contributed by atoms with Crippen molar-refractivity contribution in [3.8, 4) is 0 Å². The molecule has 0 aromatic heterocycles. The van der Waals surface area contributed by atoms with Gasteiger partial charge in [-0.2, -0.15) is 0 Å². The van der Waals surface area contributed by atoms with Crippen molar-refractivity contribution in [1.82, 2.24) is 0 Å². The summed E-state index contributed by atoms with van der Waals surface area (Å²) < 4.78 is 1.50. The summed E-state index contributed by atoms with van der Waals surface area (Å²) >= 11 is 0.653. The summed E-state index contributed by atoms with van der Waals surface area (Å²) in [6, 6.07) is 10.7. The van der Waals surface area contributed by atoms with E-state index < -0.39 is 0 Å². The molecule has 11 heavy (non-hydrogen) atoms. The molecule has 0 fully saturated rings. The van der Waals surface area contributed by atoms with Crippen LogP contribution in [0.25, 0.3) is 0 Å². The molecule has 0 atom stereocenters. The molecule has 1 radical (unpaired) electrons. The van der Waals surface area contributed by atoms with E-state index in [-0.39, 0.29) is 0 Å². The van der Waals surface area contributed by atoms with Gasteiger partial charge in [-0.15, -0.1) is 0 Å². The van der Waals surface area contributed by atoms with Crippen LogP contribution in [0.3, 0.4) is 0 Å². The van der Waals surface area contributed by atoms with Crippen molar-refractivity contribution in [2.75, 3.05) is 0 Å². The Bertz CT molecular complexity index is 191. The third kappa shape index (κ3) is 3.59. The zero-order chi connectivity index (χ0) is 8.10. The van der Waals surface area contributed by atoms with E-state index in [1.54, 1.807) is 0 Å². The minimum absolute atomic E-state index is 0.653. The Morgan fingerprint density at radius 2 is 1.82 bits per heavy atom. The Kier molecular flexibility index (Phi) is 3.68. The van der Waals surface area contributed by atoms with Gasteiger partial charge in [-0.3, -0.25) is 0 Å². The van der Waals surface area contributed by atoms with Gasteiger partial charge in [0, 0.05) is 0 Å². The number of benzene rings is 1. The molecule has 1 aromatic rings. The molecular weight excluding hydrogens is 199 g/mol. The van der Waals surface area contributed by atoms with Crippen molar-refractivity contribution < 1.29 is 0 Å². The molecule has 0 amide bonds. The fraction of sp³-hybridized carbons (Fsp3) is 0.300. The summed E-state index contributed by atoms with van der Waals surface area (Å²) in [6.45, 7) is 4.40. The van der Waals surface area contributed by atoms with Gasteiger partial charge < -0.3 is 0 Å². The van der Waals surface area contributed by atoms with Crippen LogP contribution in [-0.4, -0.2) is 15.0 Å². The van der Waals surface area contributed by atoms with E-state index in [1.165, 1.54) is 15.7 Å². The van der Waals surface area contributed by atoms with Crippen LogP contribution in [0.15, 0.2) is 30.3 Å². The number of rotatable bonds is 3. The van der Waals surface area contributed by atoms with Gasteiger partial charge in [0.05, 0.1) is 0 Å². The summed E-state index contributed by atoms with van der Waals surface area (Å²) in [5.41, 5.74) is 0. The van der Waals surface area contributed by atoms with Crippen LogP contribution < -0.4 is 4.46 Å². The third-order valence-electron chi connectivity index (χ3n) is 1.27. The van der Waals surface area contributed by atoms with Crippen molar-refractivity contribution >= 4 is 19.4 Å². The molecule has 0 aliphatic rings. The molecule has 0 nitrogen and oxygen atoms in total. The first-order valence-corrected chi connectivity index (χ1v) is 5.82. The Balaban J connectivity index is 2.39. The van der Waals surface area contributed by atoms with Crippen LogP contribution >= 0.6 is 0 Å². The van der Waals surface area contributed by atoms with Crippen LogP contribution in [0.1, 0.15) is 13.8 Å². The van der Waals surface area contributed by atoms with Gasteiger partial charge in [-0.05, 0) is 0 Å². The zero-order valence-corrected chi connectivity index (χ0v) is 8.72. The van der Waals surface area contributed by atoms with Crippen molar-refractivity contribution in [2.24, 2.45) is 0 Å². The standard InChI is InChI=1S/C10H13Se/c1-9(2)8-11-10-6-4-3-5-7-10/h3-7H,8H2,1-2H3. The van der Waals surface area contributed by atoms with Gasteiger partial charge in [0.2, 0.25) is 0 Å². The van der Waals surface area contributed by atoms with E-state index in [0.29, 0.717) is 15.0 Å². The second-order valence-electron chi connectivity index (χ2n) is 2.81. The molecule has 0 aliphatic carbocycles. The average Bonchev–Trinajstić information content (AvgIpc) is 2.03. The first-order valence-electron chi connectivity index (χ1n) is 3.76. The molecule has 0 unspecified atom stereocenters. The zero-order valence-electron chi connectivity index (χ0n) is 7.00. The third-order valence-corrected chi connectivity index (χ3v) is 4.06. The Labute approximate surface area is 75.2 Å². The molecule has 0 aliphatic heterocycles. The number of hydrogen-bond acceptors (Lipinski definition) is 0. The molecule has 0 N–H and O–H groups in total. The molecule has 0 bridgehead atoms. The van der Waals surface area contributed by atoms with Gasteiger partial charge >= 0.3 is 74.8 Å². The van der Waals surface area contributed by atoms with E-state index in [0.717, 1.165) is 0 Å². The van der Waals surface area contributed by atoms with E-state index in [4.69, 9.17) is 0 Å². The predicted octanol–water partition coefficient (Wildman–Crippen LogP) is 2.05. The molecule has 0 heterocycles. The first-order chi connectivity index (χ1) is 5.29. The Morgan fingerprint density at radius 3 is 2.36 bits per heavy atom. The molecule has 0 saturated carbocycles. The predicted molar refractivity (Wildman–Crippen MR) is 51.2 cm³/mol. The van der Waals surface area contributed by atoms with Crippen LogP contribution in [0.4, 0.5) is 0 Å². The summed E-state index contributed by atoms with van der Waals surface area (Å²) in [5, 5.41) is 1.27. The number of hydrogen-bond donors (Lipinski definition) is 0. The quantitative estimate of drug-likeness (QED) is 0.673. The molecule has 59 valence electrons. The van der Waals surface area contributed by atoms with Gasteiger partial charge in [0.15, 0.2) is 0 Å². The van der Waals surface area contributed by atoms with Crippen LogP contribution in [0.5, 0.6) is 0 Å². The van der Waals surface area contributed by atoms with Gasteiger partial charge in [-0.25, -0.2) is 0 Å². The van der Waals surface area contributed by atoms with Crippen LogP contribution in [0, 0.1) is 5.92 Å². The van der Waals surface area contributed by atoms with E-state index in [1.807, 2.05) is 0 Å². The first kappa shape index (κ1) is 8.83. The van der Waals surface area contributed by atoms with Gasteiger partial charge in [0.1, 0.15) is 0 Å². The topological polar surface area (TPSA) is 0 Å².